The van der Waals surface area contributed by atoms with Crippen molar-refractivity contribution in [3.63, 3.8) is 0 Å². The van der Waals surface area contributed by atoms with E-state index in [0.29, 0.717) is 11.2 Å². The van der Waals surface area contributed by atoms with Crippen molar-refractivity contribution < 1.29 is 0 Å². The average Bonchev–Trinajstić information content (AvgIpc) is 3.43. The number of pyridine rings is 1. The van der Waals surface area contributed by atoms with E-state index in [9.17, 15) is 0 Å². The van der Waals surface area contributed by atoms with Gasteiger partial charge >= 0.3 is 0 Å². The molecule has 4 aromatic rings. The zero-order chi connectivity index (χ0) is 20.3. The van der Waals surface area contributed by atoms with Crippen LogP contribution < -0.4 is 5.32 Å². The van der Waals surface area contributed by atoms with E-state index in [2.05, 4.69) is 47.4 Å². The summed E-state index contributed by atoms with van der Waals surface area (Å²) in [5.74, 6) is 0. The third-order valence-electron chi connectivity index (χ3n) is 5.23. The van der Waals surface area contributed by atoms with Crippen molar-refractivity contribution in [1.29, 1.82) is 0 Å². The summed E-state index contributed by atoms with van der Waals surface area (Å²) in [6, 6.07) is 4.43. The molecule has 0 unspecified atom stereocenters. The molecule has 0 aromatic carbocycles. The molecular weight excluding hydrogens is 396 g/mol. The van der Waals surface area contributed by atoms with Gasteiger partial charge in [0.1, 0.15) is 0 Å². The number of fused-ring (bicyclic) bond motifs is 1. The summed E-state index contributed by atoms with van der Waals surface area (Å²) in [6.45, 7) is 2.08. The summed E-state index contributed by atoms with van der Waals surface area (Å²) < 4.78 is 4.01. The van der Waals surface area contributed by atoms with Gasteiger partial charge in [-0.3, -0.25) is 9.67 Å². The minimum atomic E-state index is 0.451. The van der Waals surface area contributed by atoms with Crippen LogP contribution in [0.3, 0.4) is 0 Å². The zero-order valence-electron chi connectivity index (χ0n) is 16.6. The van der Waals surface area contributed by atoms with Gasteiger partial charge < -0.3 is 5.32 Å². The Balaban J connectivity index is 1.57. The molecule has 1 saturated heterocycles. The van der Waals surface area contributed by atoms with Crippen molar-refractivity contribution >= 4 is 23.5 Å². The Morgan fingerprint density at radius 2 is 1.93 bits per heavy atom. The van der Waals surface area contributed by atoms with Crippen LogP contribution in [0.15, 0.2) is 64.4 Å². The topological polar surface area (TPSA) is 85.3 Å². The van der Waals surface area contributed by atoms with Gasteiger partial charge in [0, 0.05) is 59.6 Å². The molecule has 1 aliphatic heterocycles. The first kappa shape index (κ1) is 19.0. The van der Waals surface area contributed by atoms with E-state index in [4.69, 9.17) is 0 Å². The molecule has 1 fully saturated rings. The fourth-order valence-electron chi connectivity index (χ4n) is 3.77. The van der Waals surface area contributed by atoms with Crippen LogP contribution in [0.1, 0.15) is 24.4 Å². The van der Waals surface area contributed by atoms with Crippen LogP contribution in [-0.4, -0.2) is 55.7 Å². The first-order chi connectivity index (χ1) is 14.8. The number of aliphatic imine (C=N–C) groups is 1. The highest BCUT2D eigenvalue weighted by Gasteiger charge is 2.18. The third kappa shape index (κ3) is 3.73. The van der Waals surface area contributed by atoms with Crippen molar-refractivity contribution in [2.45, 2.75) is 28.9 Å². The van der Waals surface area contributed by atoms with Gasteiger partial charge in [-0.25, -0.2) is 14.5 Å². The quantitative estimate of drug-likeness (QED) is 0.396. The molecule has 1 aliphatic rings. The highest BCUT2D eigenvalue weighted by Crippen LogP contribution is 2.34. The van der Waals surface area contributed by atoms with Gasteiger partial charge in [-0.05, 0) is 49.8 Å². The lowest BCUT2D eigenvalue weighted by atomic mass is 10.1. The molecule has 4 aromatic heterocycles. The first-order valence-corrected chi connectivity index (χ1v) is 10.8. The Bertz CT molecular complexity index is 1170. The van der Waals surface area contributed by atoms with E-state index in [-0.39, 0.29) is 0 Å². The normalized spacial score (nSPS) is 15.4. The minimum Gasteiger partial charge on any atom is -0.317 e. The molecule has 0 radical (unpaired) electrons. The second-order valence-corrected chi connectivity index (χ2v) is 8.21. The molecule has 5 rings (SSSR count). The van der Waals surface area contributed by atoms with E-state index in [1.807, 2.05) is 35.4 Å². The third-order valence-corrected chi connectivity index (χ3v) is 6.16. The van der Waals surface area contributed by atoms with Crippen LogP contribution in [0.5, 0.6) is 0 Å². The summed E-state index contributed by atoms with van der Waals surface area (Å²) in [6.07, 6.45) is 15.5. The van der Waals surface area contributed by atoms with Crippen molar-refractivity contribution in [3.05, 3.63) is 54.9 Å². The fourth-order valence-corrected chi connectivity index (χ4v) is 4.69. The molecule has 0 spiro atoms. The molecule has 0 atom stereocenters. The summed E-state index contributed by atoms with van der Waals surface area (Å²) in [5.41, 5.74) is 4.09. The van der Waals surface area contributed by atoms with Crippen molar-refractivity contribution in [2.24, 2.45) is 4.99 Å². The molecule has 0 aliphatic carbocycles. The van der Waals surface area contributed by atoms with Crippen LogP contribution >= 0.6 is 11.8 Å². The molecule has 0 saturated carbocycles. The molecule has 1 N–H and O–H groups in total. The zero-order valence-corrected chi connectivity index (χ0v) is 17.5. The van der Waals surface area contributed by atoms with Gasteiger partial charge in [0.05, 0.1) is 24.0 Å². The predicted octanol–water partition coefficient (Wildman–Crippen LogP) is 3.11. The number of aromatic nitrogens is 6. The minimum absolute atomic E-state index is 0.451. The van der Waals surface area contributed by atoms with Crippen LogP contribution in [0.2, 0.25) is 0 Å². The Labute approximate surface area is 178 Å². The van der Waals surface area contributed by atoms with Gasteiger partial charge in [0.2, 0.25) is 0 Å². The Kier molecular flexibility index (Phi) is 5.29. The molecule has 0 amide bonds. The van der Waals surface area contributed by atoms with E-state index in [1.54, 1.807) is 19.4 Å². The highest BCUT2D eigenvalue weighted by atomic mass is 32.2. The lowest BCUT2D eigenvalue weighted by molar-refractivity contribution is 0.343. The monoisotopic (exact) mass is 418 g/mol. The number of rotatable bonds is 5. The van der Waals surface area contributed by atoms with Crippen molar-refractivity contribution in [2.75, 3.05) is 20.1 Å². The van der Waals surface area contributed by atoms with E-state index >= 15 is 0 Å². The summed E-state index contributed by atoms with van der Waals surface area (Å²) in [4.78, 5) is 14.0. The van der Waals surface area contributed by atoms with Crippen LogP contribution in [0.25, 0.3) is 16.6 Å². The van der Waals surface area contributed by atoms with E-state index < -0.39 is 0 Å². The van der Waals surface area contributed by atoms with E-state index in [1.165, 1.54) is 11.8 Å². The summed E-state index contributed by atoms with van der Waals surface area (Å²) in [5, 5.41) is 13.3. The van der Waals surface area contributed by atoms with Gasteiger partial charge in [-0.2, -0.15) is 10.2 Å². The fraction of sp³-hybridized carbons (Fsp3) is 0.286. The lowest BCUT2D eigenvalue weighted by Crippen LogP contribution is -2.29. The molecule has 9 heteroatoms. The van der Waals surface area contributed by atoms with E-state index in [0.717, 1.165) is 53.0 Å². The maximum absolute atomic E-state index is 4.65. The standard InChI is InChI=1S/C21H22N8S/c1-22-10-16-11-27-29-13-15(9-19(20(16)29)30-21-24-5-2-6-25-21)17-12-26-28(14-17)18-3-7-23-8-4-18/h2,5-6,9-14,18,23H,3-4,7-8H2,1H3. The Morgan fingerprint density at radius 1 is 1.10 bits per heavy atom. The van der Waals surface area contributed by atoms with Gasteiger partial charge in [-0.1, -0.05) is 0 Å². The second kappa shape index (κ2) is 8.37. The maximum Gasteiger partial charge on any atom is 0.192 e. The average molecular weight is 419 g/mol. The van der Waals surface area contributed by atoms with Crippen LogP contribution in [0, 0.1) is 0 Å². The molecule has 30 heavy (non-hydrogen) atoms. The van der Waals surface area contributed by atoms with Crippen LogP contribution in [-0.2, 0) is 0 Å². The number of piperidine rings is 1. The summed E-state index contributed by atoms with van der Waals surface area (Å²) in [7, 11) is 1.76. The SMILES string of the molecule is CN=Cc1cnn2cc(-c3cnn(C4CCNCC4)c3)cc(Sc3ncccn3)c12. The molecule has 152 valence electrons. The molecule has 5 heterocycles. The number of nitrogens with zero attached hydrogens (tertiary/aromatic N) is 7. The molecular formula is C21H22N8S. The molecule has 8 nitrogen and oxygen atoms in total. The molecule has 0 bridgehead atoms. The van der Waals surface area contributed by atoms with Crippen molar-refractivity contribution in [3.8, 4) is 11.1 Å². The van der Waals surface area contributed by atoms with Gasteiger partial charge in [-0.15, -0.1) is 0 Å². The van der Waals surface area contributed by atoms with Crippen LogP contribution in [0.4, 0.5) is 0 Å². The smallest absolute Gasteiger partial charge is 0.192 e. The van der Waals surface area contributed by atoms with Gasteiger partial charge in [0.15, 0.2) is 5.16 Å². The summed E-state index contributed by atoms with van der Waals surface area (Å²) >= 11 is 1.53. The maximum atomic E-state index is 4.65. The predicted molar refractivity (Wildman–Crippen MR) is 117 cm³/mol. The number of nitrogens with one attached hydrogen (secondary N) is 1. The first-order valence-electron chi connectivity index (χ1n) is 9.95. The second-order valence-electron chi connectivity index (χ2n) is 7.20. The van der Waals surface area contributed by atoms with Crippen molar-refractivity contribution in [1.82, 2.24) is 34.7 Å². The number of hydrogen-bond donors (Lipinski definition) is 1. The highest BCUT2D eigenvalue weighted by molar-refractivity contribution is 7.99. The Hall–Kier alpha value is -3.04. The Morgan fingerprint density at radius 3 is 2.73 bits per heavy atom. The lowest BCUT2D eigenvalue weighted by Gasteiger charge is -2.22. The number of hydrogen-bond acceptors (Lipinski definition) is 7. The van der Waals surface area contributed by atoms with Gasteiger partial charge in [0.25, 0.3) is 0 Å². The largest absolute Gasteiger partial charge is 0.317 e.